The smallest absolute Gasteiger partial charge is 0.312 e. The molecule has 1 heterocycles. The van der Waals surface area contributed by atoms with Crippen LogP contribution in [0.15, 0.2) is 12.1 Å². The number of nitro groups is 1. The van der Waals surface area contributed by atoms with E-state index in [2.05, 4.69) is 10.3 Å². The summed E-state index contributed by atoms with van der Waals surface area (Å²) in [7, 11) is 0. The van der Waals surface area contributed by atoms with Gasteiger partial charge in [0, 0.05) is 24.7 Å². The first-order valence-corrected chi connectivity index (χ1v) is 7.21. The predicted octanol–water partition coefficient (Wildman–Crippen LogP) is 2.89. The number of thiazole rings is 1. The molecule has 0 aliphatic rings. The van der Waals surface area contributed by atoms with Gasteiger partial charge in [-0.2, -0.15) is 0 Å². The fourth-order valence-electron chi connectivity index (χ4n) is 1.83. The molecule has 0 bridgehead atoms. The van der Waals surface area contributed by atoms with E-state index in [0.717, 1.165) is 15.2 Å². The third kappa shape index (κ3) is 3.43. The van der Waals surface area contributed by atoms with Crippen LogP contribution in [0, 0.1) is 17.0 Å². The van der Waals surface area contributed by atoms with Crippen molar-refractivity contribution in [1.29, 1.82) is 0 Å². The largest absolute Gasteiger partial charge is 0.485 e. The molecule has 2 rings (SSSR count). The molecule has 2 aromatic rings. The maximum Gasteiger partial charge on any atom is 0.312 e. The molecule has 20 heavy (non-hydrogen) atoms. The Labute approximate surface area is 120 Å². The molecule has 0 amide bonds. The van der Waals surface area contributed by atoms with E-state index >= 15 is 0 Å². The van der Waals surface area contributed by atoms with Crippen molar-refractivity contribution in [3.63, 3.8) is 0 Å². The van der Waals surface area contributed by atoms with Gasteiger partial charge in [0.15, 0.2) is 5.75 Å². The van der Waals surface area contributed by atoms with Crippen LogP contribution in [0.5, 0.6) is 5.75 Å². The number of fused-ring (bicyclic) bond motifs is 1. The van der Waals surface area contributed by atoms with Crippen LogP contribution in [0.4, 0.5) is 5.69 Å². The van der Waals surface area contributed by atoms with Gasteiger partial charge in [-0.3, -0.25) is 10.1 Å². The van der Waals surface area contributed by atoms with E-state index in [-0.39, 0.29) is 11.4 Å². The fraction of sp³-hybridized carbons (Fsp3) is 0.462. The molecule has 0 spiro atoms. The number of nitro benzene ring substituents is 1. The average molecular weight is 295 g/mol. The molecule has 0 fully saturated rings. The van der Waals surface area contributed by atoms with E-state index in [0.29, 0.717) is 19.2 Å². The quantitative estimate of drug-likeness (QED) is 0.503. The molecule has 0 aliphatic heterocycles. The van der Waals surface area contributed by atoms with Gasteiger partial charge in [0.25, 0.3) is 0 Å². The second kappa shape index (κ2) is 6.15. The molecule has 0 radical (unpaired) electrons. The summed E-state index contributed by atoms with van der Waals surface area (Å²) in [6, 6.07) is 3.54. The second-order valence-corrected chi connectivity index (χ2v) is 5.97. The lowest BCUT2D eigenvalue weighted by Crippen LogP contribution is -2.27. The number of ether oxygens (including phenoxy) is 1. The molecule has 6 nitrogen and oxygen atoms in total. The van der Waals surface area contributed by atoms with E-state index in [1.54, 1.807) is 6.07 Å². The van der Waals surface area contributed by atoms with Crippen LogP contribution in [-0.2, 0) is 0 Å². The van der Waals surface area contributed by atoms with E-state index in [1.165, 1.54) is 17.4 Å². The summed E-state index contributed by atoms with van der Waals surface area (Å²) >= 11 is 1.44. The maximum absolute atomic E-state index is 11.1. The van der Waals surface area contributed by atoms with Gasteiger partial charge in [0.05, 0.1) is 20.1 Å². The van der Waals surface area contributed by atoms with Gasteiger partial charge in [-0.25, -0.2) is 4.98 Å². The molecule has 0 saturated carbocycles. The minimum atomic E-state index is -0.417. The van der Waals surface area contributed by atoms with Gasteiger partial charge in [0.1, 0.15) is 6.61 Å². The Morgan fingerprint density at radius 1 is 1.50 bits per heavy atom. The van der Waals surface area contributed by atoms with E-state index in [1.807, 2.05) is 20.8 Å². The van der Waals surface area contributed by atoms with Crippen molar-refractivity contribution in [3.05, 3.63) is 27.3 Å². The summed E-state index contributed by atoms with van der Waals surface area (Å²) in [5, 5.41) is 15.2. The molecule has 7 heteroatoms. The molecule has 1 N–H and O–H groups in total. The average Bonchev–Trinajstić information content (AvgIpc) is 2.72. The van der Waals surface area contributed by atoms with Crippen molar-refractivity contribution >= 4 is 27.2 Å². The molecule has 1 aromatic heterocycles. The first kappa shape index (κ1) is 14.7. The third-order valence-electron chi connectivity index (χ3n) is 2.68. The number of aryl methyl sites for hydroxylation is 1. The monoisotopic (exact) mass is 295 g/mol. The van der Waals surface area contributed by atoms with Crippen molar-refractivity contribution in [2.24, 2.45) is 0 Å². The Kier molecular flexibility index (Phi) is 4.51. The highest BCUT2D eigenvalue weighted by Gasteiger charge is 2.18. The highest BCUT2D eigenvalue weighted by Crippen LogP contribution is 2.34. The van der Waals surface area contributed by atoms with E-state index in [4.69, 9.17) is 4.74 Å². The van der Waals surface area contributed by atoms with Crippen molar-refractivity contribution < 1.29 is 9.66 Å². The van der Waals surface area contributed by atoms with E-state index < -0.39 is 4.92 Å². The number of hydrogen-bond acceptors (Lipinski definition) is 6. The minimum absolute atomic E-state index is 0.00861. The van der Waals surface area contributed by atoms with Gasteiger partial charge in [-0.05, 0) is 6.92 Å². The van der Waals surface area contributed by atoms with Crippen LogP contribution in [0.1, 0.15) is 18.9 Å². The Morgan fingerprint density at radius 2 is 2.25 bits per heavy atom. The van der Waals surface area contributed by atoms with Gasteiger partial charge >= 0.3 is 5.69 Å². The lowest BCUT2D eigenvalue weighted by molar-refractivity contribution is -0.385. The number of benzene rings is 1. The summed E-state index contributed by atoms with van der Waals surface area (Å²) in [4.78, 5) is 15.0. The maximum atomic E-state index is 11.1. The first-order valence-electron chi connectivity index (χ1n) is 6.39. The first-order chi connectivity index (χ1) is 9.47. The fourth-order valence-corrected chi connectivity index (χ4v) is 2.67. The highest BCUT2D eigenvalue weighted by atomic mass is 32.1. The minimum Gasteiger partial charge on any atom is -0.485 e. The highest BCUT2D eigenvalue weighted by molar-refractivity contribution is 7.18. The number of nitrogens with one attached hydrogen (secondary N) is 1. The van der Waals surface area contributed by atoms with Gasteiger partial charge in [-0.1, -0.05) is 13.8 Å². The van der Waals surface area contributed by atoms with Crippen molar-refractivity contribution in [2.75, 3.05) is 13.2 Å². The Hall–Kier alpha value is -1.73. The topological polar surface area (TPSA) is 77.3 Å². The molecular formula is C13H17N3O3S. The zero-order valence-corrected chi connectivity index (χ0v) is 12.5. The van der Waals surface area contributed by atoms with Crippen LogP contribution >= 0.6 is 11.3 Å². The van der Waals surface area contributed by atoms with E-state index in [9.17, 15) is 10.1 Å². The zero-order chi connectivity index (χ0) is 14.7. The number of nitrogens with zero attached hydrogens (tertiary/aromatic N) is 2. The van der Waals surface area contributed by atoms with Crippen LogP contribution in [0.3, 0.4) is 0 Å². The van der Waals surface area contributed by atoms with Gasteiger partial charge < -0.3 is 10.1 Å². The van der Waals surface area contributed by atoms with Crippen molar-refractivity contribution in [2.45, 2.75) is 26.8 Å². The Bertz CT molecular complexity index is 625. The lowest BCUT2D eigenvalue weighted by Gasteiger charge is -2.09. The summed E-state index contributed by atoms with van der Waals surface area (Å²) in [6.07, 6.45) is 0. The molecule has 0 atom stereocenters. The van der Waals surface area contributed by atoms with Gasteiger partial charge in [-0.15, -0.1) is 11.3 Å². The molecule has 0 unspecified atom stereocenters. The van der Waals surface area contributed by atoms with Crippen LogP contribution in [0.2, 0.25) is 0 Å². The summed E-state index contributed by atoms with van der Waals surface area (Å²) in [5.74, 6) is 0.276. The Balaban J connectivity index is 2.20. The van der Waals surface area contributed by atoms with Crippen molar-refractivity contribution in [1.82, 2.24) is 10.3 Å². The summed E-state index contributed by atoms with van der Waals surface area (Å²) < 4.78 is 6.33. The number of rotatable bonds is 6. The van der Waals surface area contributed by atoms with Crippen LogP contribution in [-0.4, -0.2) is 29.1 Å². The Morgan fingerprint density at radius 3 is 2.90 bits per heavy atom. The standard InChI is InChI=1S/C13H17N3O3S/c1-8(2)14-4-5-19-12-6-10-13(20-9(3)15-10)7-11(12)16(17)18/h6-8,14H,4-5H2,1-3H3. The molecule has 0 saturated heterocycles. The number of aromatic nitrogens is 1. The molecule has 0 aliphatic carbocycles. The zero-order valence-electron chi connectivity index (χ0n) is 11.7. The number of hydrogen-bond donors (Lipinski definition) is 1. The second-order valence-electron chi connectivity index (χ2n) is 4.73. The van der Waals surface area contributed by atoms with Crippen LogP contribution in [0.25, 0.3) is 10.2 Å². The molecule has 108 valence electrons. The molecular weight excluding hydrogens is 278 g/mol. The summed E-state index contributed by atoms with van der Waals surface area (Å²) in [6.45, 7) is 6.97. The van der Waals surface area contributed by atoms with Gasteiger partial charge in [0.2, 0.25) is 0 Å². The summed E-state index contributed by atoms with van der Waals surface area (Å²) in [5.41, 5.74) is 0.732. The molecule has 1 aromatic carbocycles. The lowest BCUT2D eigenvalue weighted by atomic mass is 10.2. The SMILES string of the molecule is Cc1nc2cc(OCCNC(C)C)c([N+](=O)[O-])cc2s1. The third-order valence-corrected chi connectivity index (χ3v) is 3.62. The predicted molar refractivity (Wildman–Crippen MR) is 79.6 cm³/mol. The van der Waals surface area contributed by atoms with Crippen LogP contribution < -0.4 is 10.1 Å². The normalized spacial score (nSPS) is 11.2. The van der Waals surface area contributed by atoms with Crippen molar-refractivity contribution in [3.8, 4) is 5.75 Å².